The highest BCUT2D eigenvalue weighted by molar-refractivity contribution is 5.34. The number of fused-ring (bicyclic) bond motifs is 1. The van der Waals surface area contributed by atoms with E-state index in [0.29, 0.717) is 5.41 Å². The van der Waals surface area contributed by atoms with E-state index in [1.54, 1.807) is 5.57 Å². The van der Waals surface area contributed by atoms with Crippen LogP contribution in [0.4, 0.5) is 0 Å². The minimum absolute atomic E-state index is 0.521. The molecule has 84 valence electrons. The van der Waals surface area contributed by atoms with Gasteiger partial charge in [-0.2, -0.15) is 0 Å². The Morgan fingerprint density at radius 2 is 2.07 bits per heavy atom. The van der Waals surface area contributed by atoms with E-state index in [9.17, 15) is 0 Å². The van der Waals surface area contributed by atoms with E-state index in [2.05, 4.69) is 40.3 Å². The summed E-state index contributed by atoms with van der Waals surface area (Å²) in [5.41, 5.74) is 3.49. The summed E-state index contributed by atoms with van der Waals surface area (Å²) in [5, 5.41) is 0. The van der Waals surface area contributed by atoms with Gasteiger partial charge >= 0.3 is 0 Å². The van der Waals surface area contributed by atoms with Crippen molar-refractivity contribution in [1.29, 1.82) is 0 Å². The molecule has 0 aliphatic heterocycles. The van der Waals surface area contributed by atoms with Gasteiger partial charge in [0.1, 0.15) is 0 Å². The van der Waals surface area contributed by atoms with Crippen molar-refractivity contribution >= 4 is 0 Å². The van der Waals surface area contributed by atoms with Gasteiger partial charge < -0.3 is 0 Å². The lowest BCUT2D eigenvalue weighted by molar-refractivity contribution is 0.272. The molecule has 0 amide bonds. The van der Waals surface area contributed by atoms with E-state index in [4.69, 9.17) is 0 Å². The SMILES string of the molecule is C=C1C=C(C)C2CC(C)(C)CCC(C)C12. The first-order chi connectivity index (χ1) is 6.91. The Kier molecular flexibility index (Phi) is 2.56. The van der Waals surface area contributed by atoms with Gasteiger partial charge in [-0.3, -0.25) is 0 Å². The van der Waals surface area contributed by atoms with Gasteiger partial charge in [0.05, 0.1) is 0 Å². The molecule has 3 atom stereocenters. The zero-order valence-electron chi connectivity index (χ0n) is 10.6. The molecular formula is C15H24. The van der Waals surface area contributed by atoms with Crippen molar-refractivity contribution in [1.82, 2.24) is 0 Å². The molecule has 0 aromatic carbocycles. The highest BCUT2D eigenvalue weighted by Crippen LogP contribution is 2.50. The molecule has 2 rings (SSSR count). The summed E-state index contributed by atoms with van der Waals surface area (Å²) in [4.78, 5) is 0. The van der Waals surface area contributed by atoms with Crippen LogP contribution in [-0.4, -0.2) is 0 Å². The van der Waals surface area contributed by atoms with Crippen LogP contribution < -0.4 is 0 Å². The number of rotatable bonds is 0. The molecule has 0 radical (unpaired) electrons. The van der Waals surface area contributed by atoms with Crippen molar-refractivity contribution in [3.05, 3.63) is 23.8 Å². The first-order valence-electron chi connectivity index (χ1n) is 6.28. The second-order valence-electron chi connectivity index (χ2n) is 6.48. The predicted octanol–water partition coefficient (Wildman–Crippen LogP) is 4.58. The fourth-order valence-corrected chi connectivity index (χ4v) is 3.58. The molecule has 2 aliphatic rings. The molecule has 2 aliphatic carbocycles. The Morgan fingerprint density at radius 3 is 2.73 bits per heavy atom. The zero-order valence-corrected chi connectivity index (χ0v) is 10.6. The Labute approximate surface area is 94.5 Å². The van der Waals surface area contributed by atoms with Crippen LogP contribution in [0.25, 0.3) is 0 Å². The van der Waals surface area contributed by atoms with Crippen LogP contribution >= 0.6 is 0 Å². The van der Waals surface area contributed by atoms with E-state index in [1.807, 2.05) is 0 Å². The minimum atomic E-state index is 0.521. The molecule has 0 heterocycles. The molecule has 0 spiro atoms. The summed E-state index contributed by atoms with van der Waals surface area (Å²) >= 11 is 0. The Balaban J connectivity index is 2.30. The fraction of sp³-hybridized carbons (Fsp3) is 0.733. The minimum Gasteiger partial charge on any atom is -0.0955 e. The van der Waals surface area contributed by atoms with Gasteiger partial charge in [0.25, 0.3) is 0 Å². The third-order valence-electron chi connectivity index (χ3n) is 4.52. The van der Waals surface area contributed by atoms with Gasteiger partial charge in [0.15, 0.2) is 0 Å². The molecule has 15 heavy (non-hydrogen) atoms. The highest BCUT2D eigenvalue weighted by Gasteiger charge is 2.40. The molecular weight excluding hydrogens is 180 g/mol. The summed E-state index contributed by atoms with van der Waals surface area (Å²) in [5.74, 6) is 2.34. The number of hydrogen-bond donors (Lipinski definition) is 0. The van der Waals surface area contributed by atoms with Crippen molar-refractivity contribution in [3.63, 3.8) is 0 Å². The van der Waals surface area contributed by atoms with Gasteiger partial charge in [-0.05, 0) is 49.4 Å². The Bertz CT molecular complexity index is 306. The normalized spacial score (nSPS) is 39.6. The largest absolute Gasteiger partial charge is 0.0955 e. The molecule has 0 bridgehead atoms. The van der Waals surface area contributed by atoms with Crippen LogP contribution in [0.5, 0.6) is 0 Å². The van der Waals surface area contributed by atoms with Crippen molar-refractivity contribution in [3.8, 4) is 0 Å². The number of hydrogen-bond acceptors (Lipinski definition) is 0. The lowest BCUT2D eigenvalue weighted by atomic mass is 9.76. The van der Waals surface area contributed by atoms with Crippen molar-refractivity contribution in [2.45, 2.75) is 47.0 Å². The molecule has 0 N–H and O–H groups in total. The first kappa shape index (κ1) is 11.0. The molecule has 3 unspecified atom stereocenters. The van der Waals surface area contributed by atoms with Crippen LogP contribution in [0, 0.1) is 23.2 Å². The summed E-state index contributed by atoms with van der Waals surface area (Å²) in [7, 11) is 0. The van der Waals surface area contributed by atoms with Crippen molar-refractivity contribution in [2.24, 2.45) is 23.2 Å². The quantitative estimate of drug-likeness (QED) is 0.542. The molecule has 0 saturated heterocycles. The van der Waals surface area contributed by atoms with Gasteiger partial charge in [0, 0.05) is 0 Å². The van der Waals surface area contributed by atoms with Crippen LogP contribution in [0.3, 0.4) is 0 Å². The van der Waals surface area contributed by atoms with E-state index >= 15 is 0 Å². The Hall–Kier alpha value is -0.520. The summed E-state index contributed by atoms with van der Waals surface area (Å²) in [6.45, 7) is 13.8. The summed E-state index contributed by atoms with van der Waals surface area (Å²) in [6, 6.07) is 0. The molecule has 0 aromatic rings. The maximum Gasteiger partial charge on any atom is -0.00763 e. The zero-order chi connectivity index (χ0) is 11.2. The molecule has 0 heteroatoms. The lowest BCUT2D eigenvalue weighted by Gasteiger charge is -2.28. The van der Waals surface area contributed by atoms with Crippen LogP contribution in [0.15, 0.2) is 23.8 Å². The first-order valence-corrected chi connectivity index (χ1v) is 6.28. The highest BCUT2D eigenvalue weighted by atomic mass is 14.4. The van der Waals surface area contributed by atoms with E-state index < -0.39 is 0 Å². The average Bonchev–Trinajstić information content (AvgIpc) is 2.29. The molecule has 0 nitrogen and oxygen atoms in total. The monoisotopic (exact) mass is 204 g/mol. The van der Waals surface area contributed by atoms with Crippen molar-refractivity contribution < 1.29 is 0 Å². The van der Waals surface area contributed by atoms with E-state index in [-0.39, 0.29) is 0 Å². The van der Waals surface area contributed by atoms with Gasteiger partial charge in [0.2, 0.25) is 0 Å². The lowest BCUT2D eigenvalue weighted by Crippen LogP contribution is -2.20. The standard InChI is InChI=1S/C15H24/c1-10-6-7-15(4,5)9-13-11(2)8-12(3)14(10)13/h8,10,13-14H,3,6-7,9H2,1-2,4-5H3. The molecule has 0 aromatic heterocycles. The van der Waals surface area contributed by atoms with Crippen LogP contribution in [0.2, 0.25) is 0 Å². The third-order valence-corrected chi connectivity index (χ3v) is 4.52. The predicted molar refractivity (Wildman–Crippen MR) is 66.7 cm³/mol. The average molecular weight is 204 g/mol. The van der Waals surface area contributed by atoms with Gasteiger partial charge in [-0.1, -0.05) is 44.6 Å². The topological polar surface area (TPSA) is 0 Å². The smallest absolute Gasteiger partial charge is 0.00763 e. The summed E-state index contributed by atoms with van der Waals surface area (Å²) in [6.07, 6.45) is 6.44. The van der Waals surface area contributed by atoms with Crippen LogP contribution in [0.1, 0.15) is 47.0 Å². The second-order valence-corrected chi connectivity index (χ2v) is 6.48. The number of allylic oxidation sites excluding steroid dienone is 3. The van der Waals surface area contributed by atoms with Gasteiger partial charge in [-0.25, -0.2) is 0 Å². The van der Waals surface area contributed by atoms with E-state index in [0.717, 1.165) is 17.8 Å². The fourth-order valence-electron chi connectivity index (χ4n) is 3.58. The molecule has 1 fully saturated rings. The second kappa shape index (κ2) is 3.50. The molecule has 1 saturated carbocycles. The van der Waals surface area contributed by atoms with E-state index in [1.165, 1.54) is 24.8 Å². The summed E-state index contributed by atoms with van der Waals surface area (Å²) < 4.78 is 0. The van der Waals surface area contributed by atoms with Crippen molar-refractivity contribution in [2.75, 3.05) is 0 Å². The maximum atomic E-state index is 4.25. The maximum absolute atomic E-state index is 4.25. The van der Waals surface area contributed by atoms with Gasteiger partial charge in [-0.15, -0.1) is 0 Å². The van der Waals surface area contributed by atoms with Crippen LogP contribution in [-0.2, 0) is 0 Å². The Morgan fingerprint density at radius 1 is 1.40 bits per heavy atom. The third kappa shape index (κ3) is 1.91.